The number of cyclic esters (lactones) is 1. The zero-order valence-electron chi connectivity index (χ0n) is 22.3. The van der Waals surface area contributed by atoms with E-state index in [0.717, 1.165) is 29.5 Å². The molecule has 0 atom stereocenters. The smallest absolute Gasteiger partial charge is 0.338 e. The molecule has 1 aromatic rings. The van der Waals surface area contributed by atoms with Crippen molar-refractivity contribution in [2.75, 3.05) is 26.3 Å². The van der Waals surface area contributed by atoms with Crippen LogP contribution in [-0.2, 0) is 20.8 Å². The average molecular weight is 483 g/mol. The van der Waals surface area contributed by atoms with Gasteiger partial charge in [-0.25, -0.2) is 4.79 Å². The Hall–Kier alpha value is -2.89. The largest absolute Gasteiger partial charge is 0.462 e. The highest BCUT2D eigenvalue weighted by molar-refractivity contribution is 6.00. The Morgan fingerprint density at radius 3 is 2.37 bits per heavy atom. The Morgan fingerprint density at radius 2 is 1.69 bits per heavy atom. The van der Waals surface area contributed by atoms with Gasteiger partial charge in [-0.15, -0.1) is 0 Å². The molecule has 0 fully saturated rings. The van der Waals surface area contributed by atoms with Gasteiger partial charge in [0.15, 0.2) is 6.61 Å². The second-order valence-corrected chi connectivity index (χ2v) is 10.1. The highest BCUT2D eigenvalue weighted by Crippen LogP contribution is 2.20. The molecular weight excluding hydrogens is 440 g/mol. The van der Waals surface area contributed by atoms with Crippen molar-refractivity contribution in [2.24, 2.45) is 17.0 Å². The minimum absolute atomic E-state index is 0.0672. The summed E-state index contributed by atoms with van der Waals surface area (Å²) in [5, 5.41) is 4.33. The lowest BCUT2D eigenvalue weighted by Gasteiger charge is -2.25. The molecule has 0 N–H and O–H groups in total. The van der Waals surface area contributed by atoms with Crippen LogP contribution in [0.1, 0.15) is 74.0 Å². The van der Waals surface area contributed by atoms with Crippen LogP contribution in [0.2, 0.25) is 0 Å². The van der Waals surface area contributed by atoms with E-state index in [-0.39, 0.29) is 18.5 Å². The van der Waals surface area contributed by atoms with Gasteiger partial charge in [-0.1, -0.05) is 68.8 Å². The van der Waals surface area contributed by atoms with E-state index in [1.54, 1.807) is 0 Å². The number of rotatable bonds is 7. The van der Waals surface area contributed by atoms with Gasteiger partial charge in [-0.3, -0.25) is 4.79 Å². The molecule has 6 nitrogen and oxygen atoms in total. The Morgan fingerprint density at radius 1 is 1.03 bits per heavy atom. The lowest BCUT2D eigenvalue weighted by molar-refractivity contribution is -0.137. The van der Waals surface area contributed by atoms with Crippen LogP contribution in [0.3, 0.4) is 0 Å². The second-order valence-electron chi connectivity index (χ2n) is 10.1. The monoisotopic (exact) mass is 482 g/mol. The van der Waals surface area contributed by atoms with Crippen LogP contribution in [-0.4, -0.2) is 48.8 Å². The molecule has 0 saturated heterocycles. The number of amides is 1. The van der Waals surface area contributed by atoms with Crippen molar-refractivity contribution in [3.8, 4) is 0 Å². The molecule has 1 aliphatic heterocycles. The Labute approximate surface area is 211 Å². The molecule has 1 aromatic carbocycles. The van der Waals surface area contributed by atoms with E-state index < -0.39 is 0 Å². The van der Waals surface area contributed by atoms with Crippen molar-refractivity contribution >= 4 is 17.6 Å². The molecule has 6 heteroatoms. The first-order valence-electron chi connectivity index (χ1n) is 12.7. The highest BCUT2D eigenvalue weighted by atomic mass is 16.6. The highest BCUT2D eigenvalue weighted by Gasteiger charge is 2.19. The summed E-state index contributed by atoms with van der Waals surface area (Å²) in [6, 6.07) is 3.99. The molecule has 0 unspecified atom stereocenters. The van der Waals surface area contributed by atoms with Crippen molar-refractivity contribution in [3.05, 3.63) is 58.7 Å². The molecule has 0 saturated carbocycles. The van der Waals surface area contributed by atoms with Crippen molar-refractivity contribution in [2.45, 2.75) is 67.2 Å². The van der Waals surface area contributed by atoms with Crippen molar-refractivity contribution in [3.63, 3.8) is 0 Å². The number of carbonyl (C=O) groups excluding carboxylic acids is 2. The van der Waals surface area contributed by atoms with Gasteiger partial charge in [0, 0.05) is 19.5 Å². The SMILES string of the molecule is Cc1cc(C)c2c(c1)CC(=N/OCC(=O)N(CC(C)C)CC(C)C)/C=C/CC/C=C/CCOC2=O. The number of nitrogens with zero attached hydrogens (tertiary/aromatic N) is 2. The fraction of sp³-hybridized carbons (Fsp3) is 0.552. The molecule has 1 amide bonds. The fourth-order valence-corrected chi connectivity index (χ4v) is 4.16. The summed E-state index contributed by atoms with van der Waals surface area (Å²) in [7, 11) is 0. The summed E-state index contributed by atoms with van der Waals surface area (Å²) < 4.78 is 5.54. The number of ether oxygens (including phenoxy) is 1. The van der Waals surface area contributed by atoms with Crippen LogP contribution < -0.4 is 0 Å². The van der Waals surface area contributed by atoms with E-state index in [0.29, 0.717) is 55.6 Å². The average Bonchev–Trinajstić information content (AvgIpc) is 2.75. The van der Waals surface area contributed by atoms with E-state index in [9.17, 15) is 9.59 Å². The Bertz CT molecular complexity index is 934. The van der Waals surface area contributed by atoms with Gasteiger partial charge in [0.05, 0.1) is 17.9 Å². The summed E-state index contributed by atoms with van der Waals surface area (Å²) in [6.45, 7) is 14.0. The van der Waals surface area contributed by atoms with Crippen molar-refractivity contribution in [1.29, 1.82) is 0 Å². The zero-order chi connectivity index (χ0) is 25.8. The fourth-order valence-electron chi connectivity index (χ4n) is 4.16. The summed E-state index contributed by atoms with van der Waals surface area (Å²) in [4.78, 5) is 33.1. The number of esters is 1. The Balaban J connectivity index is 2.27. The third-order valence-corrected chi connectivity index (χ3v) is 5.53. The molecule has 0 aliphatic carbocycles. The first kappa shape index (κ1) is 28.3. The number of hydrogen-bond donors (Lipinski definition) is 0. The van der Waals surface area contributed by atoms with Crippen molar-refractivity contribution in [1.82, 2.24) is 4.90 Å². The molecule has 0 radical (unpaired) electrons. The number of allylic oxidation sites excluding steroid dienone is 3. The molecule has 192 valence electrons. The normalized spacial score (nSPS) is 18.1. The lowest BCUT2D eigenvalue weighted by Crippen LogP contribution is -2.39. The number of oxime groups is 1. The summed E-state index contributed by atoms with van der Waals surface area (Å²) >= 11 is 0. The first-order chi connectivity index (χ1) is 16.7. The summed E-state index contributed by atoms with van der Waals surface area (Å²) in [5.74, 6) is 0.370. The quantitative estimate of drug-likeness (QED) is 0.279. The van der Waals surface area contributed by atoms with Gasteiger partial charge >= 0.3 is 5.97 Å². The third kappa shape index (κ3) is 10.1. The molecule has 0 bridgehead atoms. The Kier molecular flexibility index (Phi) is 11.7. The molecule has 1 heterocycles. The predicted octanol–water partition coefficient (Wildman–Crippen LogP) is 5.81. The molecule has 0 spiro atoms. The molecular formula is C29H42N2O4. The maximum absolute atomic E-state index is 12.9. The maximum Gasteiger partial charge on any atom is 0.338 e. The number of carbonyl (C=O) groups is 2. The maximum atomic E-state index is 12.9. The van der Waals surface area contributed by atoms with E-state index in [4.69, 9.17) is 9.57 Å². The van der Waals surface area contributed by atoms with Gasteiger partial charge in [-0.05, 0) is 62.1 Å². The van der Waals surface area contributed by atoms with Gasteiger partial charge < -0.3 is 14.5 Å². The van der Waals surface area contributed by atoms with Gasteiger partial charge in [0.2, 0.25) is 0 Å². The minimum Gasteiger partial charge on any atom is -0.462 e. The summed E-state index contributed by atoms with van der Waals surface area (Å²) in [5.41, 5.74) is 4.03. The minimum atomic E-state index is -0.319. The number of hydrogen-bond acceptors (Lipinski definition) is 5. The van der Waals surface area contributed by atoms with Crippen LogP contribution in [0.4, 0.5) is 0 Å². The number of fused-ring (bicyclic) bond motifs is 1. The molecule has 1 aliphatic rings. The number of benzene rings is 1. The van der Waals surface area contributed by atoms with E-state index in [1.165, 1.54) is 0 Å². The second kappa shape index (κ2) is 14.5. The van der Waals surface area contributed by atoms with E-state index >= 15 is 0 Å². The predicted molar refractivity (Wildman–Crippen MR) is 142 cm³/mol. The van der Waals surface area contributed by atoms with Crippen LogP contribution in [0, 0.1) is 25.7 Å². The van der Waals surface area contributed by atoms with Crippen molar-refractivity contribution < 1.29 is 19.2 Å². The lowest BCUT2D eigenvalue weighted by atomic mass is 9.95. The van der Waals surface area contributed by atoms with Crippen LogP contribution in [0.25, 0.3) is 0 Å². The molecule has 0 aromatic heterocycles. The summed E-state index contributed by atoms with van der Waals surface area (Å²) in [6.07, 6.45) is 11.0. The van der Waals surface area contributed by atoms with Gasteiger partial charge in [-0.2, -0.15) is 0 Å². The molecule has 2 rings (SSSR count). The van der Waals surface area contributed by atoms with Crippen LogP contribution >= 0.6 is 0 Å². The third-order valence-electron chi connectivity index (χ3n) is 5.53. The first-order valence-corrected chi connectivity index (χ1v) is 12.7. The van der Waals surface area contributed by atoms with Gasteiger partial charge in [0.25, 0.3) is 5.91 Å². The van der Waals surface area contributed by atoms with Gasteiger partial charge in [0.1, 0.15) is 0 Å². The van der Waals surface area contributed by atoms with E-state index in [1.807, 2.05) is 43.0 Å². The van der Waals surface area contributed by atoms with Crippen LogP contribution in [0.5, 0.6) is 0 Å². The van der Waals surface area contributed by atoms with Crippen LogP contribution in [0.15, 0.2) is 41.6 Å². The number of aryl methyl sites for hydroxylation is 2. The van der Waals surface area contributed by atoms with E-state index in [2.05, 4.69) is 45.0 Å². The topological polar surface area (TPSA) is 68.2 Å². The zero-order valence-corrected chi connectivity index (χ0v) is 22.3. The standard InChI is InChI=1S/C29H42N2O4/c1-21(2)18-31(19-22(3)4)27(32)20-35-30-26-13-11-9-7-8-10-12-14-34-29(33)28-24(6)15-23(5)16-25(28)17-26/h8,10-11,13,15-16,21-22H,7,9,12,14,17-20H2,1-6H3/b10-8+,13-11+,30-26+. The molecule has 35 heavy (non-hydrogen) atoms.